The summed E-state index contributed by atoms with van der Waals surface area (Å²) in [6.07, 6.45) is 1.06. The van der Waals surface area contributed by atoms with Crippen molar-refractivity contribution >= 4 is 5.91 Å². The van der Waals surface area contributed by atoms with Gasteiger partial charge in [-0.05, 0) is 17.4 Å². The van der Waals surface area contributed by atoms with Crippen molar-refractivity contribution in [2.45, 2.75) is 33.4 Å². The van der Waals surface area contributed by atoms with Gasteiger partial charge in [0.1, 0.15) is 6.17 Å². The monoisotopic (exact) mass is 246 g/mol. The molecular formula is C15H22N2O. The maximum atomic E-state index is 11.9. The molecule has 0 aromatic heterocycles. The van der Waals surface area contributed by atoms with E-state index in [1.54, 1.807) is 0 Å². The first-order valence-electron chi connectivity index (χ1n) is 6.55. The quantitative estimate of drug-likeness (QED) is 0.889. The van der Waals surface area contributed by atoms with Gasteiger partial charge >= 0.3 is 0 Å². The normalized spacial score (nSPS) is 20.5. The predicted octanol–water partition coefficient (Wildman–Crippen LogP) is 2.55. The molecule has 1 aromatic rings. The van der Waals surface area contributed by atoms with Gasteiger partial charge in [-0.1, -0.05) is 51.1 Å². The van der Waals surface area contributed by atoms with Crippen molar-refractivity contribution in [2.75, 3.05) is 13.1 Å². The zero-order valence-corrected chi connectivity index (χ0v) is 11.4. The SMILES string of the molecule is CC(C)(C)CCN1C(=O)CNC1c1ccccc1. The highest BCUT2D eigenvalue weighted by atomic mass is 16.2. The standard InChI is InChI=1S/C15H22N2O/c1-15(2,3)9-10-17-13(18)11-16-14(17)12-7-5-4-6-8-12/h4-8,14,16H,9-11H2,1-3H3. The second kappa shape index (κ2) is 5.11. The molecule has 3 nitrogen and oxygen atoms in total. The Bertz CT molecular complexity index is 408. The maximum Gasteiger partial charge on any atom is 0.238 e. The average Bonchev–Trinajstić information content (AvgIpc) is 2.68. The lowest BCUT2D eigenvalue weighted by Crippen LogP contribution is -2.33. The van der Waals surface area contributed by atoms with Crippen LogP contribution in [0.5, 0.6) is 0 Å². The first kappa shape index (κ1) is 13.1. The molecule has 18 heavy (non-hydrogen) atoms. The molecular weight excluding hydrogens is 224 g/mol. The Kier molecular flexibility index (Phi) is 3.71. The minimum atomic E-state index is 0.0426. The first-order valence-corrected chi connectivity index (χ1v) is 6.55. The Morgan fingerprint density at radius 2 is 1.94 bits per heavy atom. The lowest BCUT2D eigenvalue weighted by molar-refractivity contribution is -0.128. The fraction of sp³-hybridized carbons (Fsp3) is 0.533. The van der Waals surface area contributed by atoms with Crippen LogP contribution in [-0.4, -0.2) is 23.9 Å². The second-order valence-corrected chi connectivity index (χ2v) is 6.09. The Balaban J connectivity index is 2.09. The molecule has 1 atom stereocenters. The summed E-state index contributed by atoms with van der Waals surface area (Å²) in [5, 5.41) is 3.29. The van der Waals surface area contributed by atoms with E-state index < -0.39 is 0 Å². The van der Waals surface area contributed by atoms with Crippen LogP contribution in [0.4, 0.5) is 0 Å². The number of rotatable bonds is 3. The van der Waals surface area contributed by atoms with E-state index in [0.717, 1.165) is 18.5 Å². The summed E-state index contributed by atoms with van der Waals surface area (Å²) < 4.78 is 0. The van der Waals surface area contributed by atoms with Crippen LogP contribution >= 0.6 is 0 Å². The van der Waals surface area contributed by atoms with Crippen molar-refractivity contribution < 1.29 is 4.79 Å². The van der Waals surface area contributed by atoms with Crippen LogP contribution in [0, 0.1) is 5.41 Å². The predicted molar refractivity (Wildman–Crippen MR) is 73.0 cm³/mol. The highest BCUT2D eigenvalue weighted by Crippen LogP contribution is 2.26. The number of hydrogen-bond acceptors (Lipinski definition) is 2. The molecule has 1 heterocycles. The molecule has 0 aliphatic carbocycles. The van der Waals surface area contributed by atoms with E-state index in [-0.39, 0.29) is 17.5 Å². The van der Waals surface area contributed by atoms with Crippen molar-refractivity contribution in [2.24, 2.45) is 5.41 Å². The topological polar surface area (TPSA) is 32.3 Å². The van der Waals surface area contributed by atoms with Crippen molar-refractivity contribution in [1.29, 1.82) is 0 Å². The summed E-state index contributed by atoms with van der Waals surface area (Å²) in [7, 11) is 0. The summed E-state index contributed by atoms with van der Waals surface area (Å²) >= 11 is 0. The highest BCUT2D eigenvalue weighted by Gasteiger charge is 2.31. The number of benzene rings is 1. The third-order valence-electron chi connectivity index (χ3n) is 3.30. The Morgan fingerprint density at radius 3 is 2.56 bits per heavy atom. The third-order valence-corrected chi connectivity index (χ3v) is 3.30. The molecule has 1 unspecified atom stereocenters. The van der Waals surface area contributed by atoms with Crippen LogP contribution in [0.2, 0.25) is 0 Å². The fourth-order valence-corrected chi connectivity index (χ4v) is 2.18. The van der Waals surface area contributed by atoms with E-state index in [9.17, 15) is 4.79 Å². The van der Waals surface area contributed by atoms with Gasteiger partial charge in [0.05, 0.1) is 6.54 Å². The van der Waals surface area contributed by atoms with Gasteiger partial charge in [0, 0.05) is 6.54 Å². The average molecular weight is 246 g/mol. The highest BCUT2D eigenvalue weighted by molar-refractivity contribution is 5.80. The molecule has 3 heteroatoms. The van der Waals surface area contributed by atoms with Gasteiger partial charge in [-0.2, -0.15) is 0 Å². The van der Waals surface area contributed by atoms with Crippen LogP contribution in [-0.2, 0) is 4.79 Å². The lowest BCUT2D eigenvalue weighted by Gasteiger charge is -2.28. The summed E-state index contributed by atoms with van der Waals surface area (Å²) in [5.74, 6) is 0.202. The van der Waals surface area contributed by atoms with Gasteiger partial charge in [0.15, 0.2) is 0 Å². The molecule has 2 rings (SSSR count). The van der Waals surface area contributed by atoms with Gasteiger partial charge in [0.25, 0.3) is 0 Å². The summed E-state index contributed by atoms with van der Waals surface area (Å²) in [6, 6.07) is 10.2. The van der Waals surface area contributed by atoms with Gasteiger partial charge in [-0.25, -0.2) is 0 Å². The van der Waals surface area contributed by atoms with E-state index in [1.807, 2.05) is 23.1 Å². The number of carbonyl (C=O) groups excluding carboxylic acids is 1. The van der Waals surface area contributed by atoms with Gasteiger partial charge in [-0.3, -0.25) is 10.1 Å². The number of nitrogens with one attached hydrogen (secondary N) is 1. The first-order chi connectivity index (χ1) is 8.47. The smallest absolute Gasteiger partial charge is 0.238 e. The fourth-order valence-electron chi connectivity index (χ4n) is 2.18. The molecule has 0 spiro atoms. The number of hydrogen-bond donors (Lipinski definition) is 1. The van der Waals surface area contributed by atoms with Crippen LogP contribution in [0.3, 0.4) is 0 Å². The van der Waals surface area contributed by atoms with E-state index in [0.29, 0.717) is 6.54 Å². The van der Waals surface area contributed by atoms with E-state index in [1.165, 1.54) is 0 Å². The summed E-state index contributed by atoms with van der Waals surface area (Å²) in [5.41, 5.74) is 1.42. The minimum Gasteiger partial charge on any atom is -0.322 e. The van der Waals surface area contributed by atoms with E-state index in [2.05, 4.69) is 38.2 Å². The van der Waals surface area contributed by atoms with Crippen molar-refractivity contribution in [3.63, 3.8) is 0 Å². The molecule has 1 amide bonds. The molecule has 0 bridgehead atoms. The largest absolute Gasteiger partial charge is 0.322 e. The zero-order chi connectivity index (χ0) is 13.2. The molecule has 1 N–H and O–H groups in total. The molecule has 1 aromatic carbocycles. The van der Waals surface area contributed by atoms with Gasteiger partial charge in [-0.15, -0.1) is 0 Å². The third kappa shape index (κ3) is 3.10. The van der Waals surface area contributed by atoms with Crippen LogP contribution in [0.15, 0.2) is 30.3 Å². The van der Waals surface area contributed by atoms with Gasteiger partial charge in [0.2, 0.25) is 5.91 Å². The second-order valence-electron chi connectivity index (χ2n) is 6.09. The molecule has 0 radical (unpaired) electrons. The van der Waals surface area contributed by atoms with Gasteiger partial charge < -0.3 is 4.90 Å². The molecule has 1 aliphatic heterocycles. The van der Waals surface area contributed by atoms with Crippen LogP contribution in [0.1, 0.15) is 38.9 Å². The Hall–Kier alpha value is -1.35. The van der Waals surface area contributed by atoms with Crippen LogP contribution in [0.25, 0.3) is 0 Å². The Morgan fingerprint density at radius 1 is 1.28 bits per heavy atom. The van der Waals surface area contributed by atoms with E-state index in [4.69, 9.17) is 0 Å². The van der Waals surface area contributed by atoms with Crippen molar-refractivity contribution in [1.82, 2.24) is 10.2 Å². The van der Waals surface area contributed by atoms with Crippen molar-refractivity contribution in [3.05, 3.63) is 35.9 Å². The molecule has 1 aliphatic rings. The lowest BCUT2D eigenvalue weighted by atomic mass is 9.92. The number of nitrogens with zero attached hydrogens (tertiary/aromatic N) is 1. The minimum absolute atomic E-state index is 0.0426. The molecule has 0 saturated carbocycles. The van der Waals surface area contributed by atoms with Crippen molar-refractivity contribution in [3.8, 4) is 0 Å². The molecule has 98 valence electrons. The maximum absolute atomic E-state index is 11.9. The Labute approximate surface area is 109 Å². The van der Waals surface area contributed by atoms with E-state index >= 15 is 0 Å². The number of carbonyl (C=O) groups is 1. The van der Waals surface area contributed by atoms with Crippen LogP contribution < -0.4 is 5.32 Å². The summed E-state index contributed by atoms with van der Waals surface area (Å²) in [4.78, 5) is 13.9. The number of amides is 1. The molecule has 1 saturated heterocycles. The zero-order valence-electron chi connectivity index (χ0n) is 11.4. The molecule has 1 fully saturated rings. The summed E-state index contributed by atoms with van der Waals surface area (Å²) in [6.45, 7) is 7.88.